The number of non-ortho nitro benzene ring substituents is 1. The smallest absolute Gasteiger partial charge is 0.271 e. The molecule has 0 saturated carbocycles. The normalized spacial score (nSPS) is 10.8. The van der Waals surface area contributed by atoms with E-state index in [2.05, 4.69) is 26.1 Å². The average molecular weight is 334 g/mol. The number of rotatable bonds is 2. The monoisotopic (exact) mass is 333 g/mol. The van der Waals surface area contributed by atoms with Crippen molar-refractivity contribution in [2.24, 2.45) is 0 Å². The van der Waals surface area contributed by atoms with Gasteiger partial charge in [0, 0.05) is 34.1 Å². The van der Waals surface area contributed by atoms with Crippen LogP contribution < -0.4 is 5.73 Å². The summed E-state index contributed by atoms with van der Waals surface area (Å²) in [5.41, 5.74) is 7.38. The van der Waals surface area contributed by atoms with Crippen molar-refractivity contribution in [3.63, 3.8) is 0 Å². The topological polar surface area (TPSA) is 99.3 Å². The highest BCUT2D eigenvalue weighted by atomic mass is 79.9. The molecule has 7 nitrogen and oxygen atoms in total. The number of nitrogens with two attached hydrogens (primary N) is 1. The van der Waals surface area contributed by atoms with Crippen molar-refractivity contribution < 1.29 is 4.92 Å². The number of halogens is 1. The molecule has 0 radical (unpaired) electrons. The fourth-order valence-electron chi connectivity index (χ4n) is 1.92. The van der Waals surface area contributed by atoms with Gasteiger partial charge in [-0.3, -0.25) is 14.5 Å². The molecule has 0 fully saturated rings. The highest BCUT2D eigenvalue weighted by Crippen LogP contribution is 2.28. The van der Waals surface area contributed by atoms with Gasteiger partial charge in [-0.25, -0.2) is 0 Å². The Morgan fingerprint density at radius 3 is 2.75 bits per heavy atom. The minimum atomic E-state index is -0.487. The predicted octanol–water partition coefficient (Wildman–Crippen LogP) is 2.65. The van der Waals surface area contributed by atoms with Gasteiger partial charge in [0.1, 0.15) is 0 Å². The van der Waals surface area contributed by atoms with Gasteiger partial charge >= 0.3 is 0 Å². The van der Waals surface area contributed by atoms with Gasteiger partial charge in [-0.05, 0) is 34.1 Å². The Labute approximate surface area is 121 Å². The third-order valence-electron chi connectivity index (χ3n) is 2.85. The van der Waals surface area contributed by atoms with Crippen LogP contribution in [-0.4, -0.2) is 19.5 Å². The summed E-state index contributed by atoms with van der Waals surface area (Å²) in [6, 6.07) is 7.94. The number of benzene rings is 1. The summed E-state index contributed by atoms with van der Waals surface area (Å²) in [4.78, 5) is 10.2. The molecule has 1 aromatic carbocycles. The van der Waals surface area contributed by atoms with Gasteiger partial charge in [0.2, 0.25) is 0 Å². The molecule has 100 valence electrons. The maximum atomic E-state index is 10.7. The quantitative estimate of drug-likeness (QED) is 0.441. The highest BCUT2D eigenvalue weighted by Gasteiger charge is 2.14. The van der Waals surface area contributed by atoms with Crippen LogP contribution in [-0.2, 0) is 0 Å². The van der Waals surface area contributed by atoms with Crippen LogP contribution in [0.5, 0.6) is 0 Å². The number of aromatic nitrogens is 3. The molecular weight excluding hydrogens is 326 g/mol. The summed E-state index contributed by atoms with van der Waals surface area (Å²) >= 11 is 3.38. The second kappa shape index (κ2) is 4.57. The van der Waals surface area contributed by atoms with Crippen LogP contribution in [0.25, 0.3) is 17.0 Å². The minimum Gasteiger partial charge on any atom is -0.398 e. The van der Waals surface area contributed by atoms with Crippen molar-refractivity contribution in [2.75, 3.05) is 5.73 Å². The van der Waals surface area contributed by atoms with E-state index < -0.39 is 4.92 Å². The Bertz CT molecular complexity index is 830. The molecule has 0 aliphatic heterocycles. The number of pyridine rings is 1. The zero-order valence-electron chi connectivity index (χ0n) is 10.0. The summed E-state index contributed by atoms with van der Waals surface area (Å²) in [6.45, 7) is 0. The second-order valence-electron chi connectivity index (χ2n) is 4.13. The van der Waals surface area contributed by atoms with Crippen LogP contribution in [0.15, 0.2) is 41.0 Å². The lowest BCUT2D eigenvalue weighted by molar-refractivity contribution is -0.384. The standard InChI is InChI=1S/C12H8BrN5O2/c13-7-1-4-11-15-16-12(17(11)6-7)9-3-2-8(18(19)20)5-10(9)14/h1-6H,14H2. The molecule has 20 heavy (non-hydrogen) atoms. The van der Waals surface area contributed by atoms with Gasteiger partial charge in [-0.2, -0.15) is 0 Å². The van der Waals surface area contributed by atoms with E-state index in [1.165, 1.54) is 12.1 Å². The number of hydrogen-bond donors (Lipinski definition) is 1. The first-order valence-electron chi connectivity index (χ1n) is 5.61. The molecule has 8 heteroatoms. The van der Waals surface area contributed by atoms with Crippen molar-refractivity contribution in [2.45, 2.75) is 0 Å². The fourth-order valence-corrected chi connectivity index (χ4v) is 2.25. The van der Waals surface area contributed by atoms with Crippen LogP contribution in [0, 0.1) is 10.1 Å². The fraction of sp³-hybridized carbons (Fsp3) is 0. The number of nitro groups is 1. The van der Waals surface area contributed by atoms with Crippen molar-refractivity contribution >= 4 is 33.0 Å². The summed E-state index contributed by atoms with van der Waals surface area (Å²) in [7, 11) is 0. The molecule has 3 rings (SSSR count). The first-order chi connectivity index (χ1) is 9.56. The molecule has 0 bridgehead atoms. The molecular formula is C12H8BrN5O2. The van der Waals surface area contributed by atoms with E-state index >= 15 is 0 Å². The lowest BCUT2D eigenvalue weighted by Crippen LogP contribution is -1.97. The molecule has 0 atom stereocenters. The molecule has 0 amide bonds. The number of hydrogen-bond acceptors (Lipinski definition) is 5. The van der Waals surface area contributed by atoms with Gasteiger partial charge in [0.25, 0.3) is 5.69 Å². The first-order valence-corrected chi connectivity index (χ1v) is 6.40. The third kappa shape index (κ3) is 1.99. The Hall–Kier alpha value is -2.48. The predicted molar refractivity (Wildman–Crippen MR) is 77.2 cm³/mol. The van der Waals surface area contributed by atoms with Gasteiger partial charge in [0.05, 0.1) is 4.92 Å². The minimum absolute atomic E-state index is 0.0544. The van der Waals surface area contributed by atoms with Gasteiger partial charge < -0.3 is 5.73 Å². The van der Waals surface area contributed by atoms with E-state index in [0.29, 0.717) is 17.0 Å². The lowest BCUT2D eigenvalue weighted by atomic mass is 10.1. The Morgan fingerprint density at radius 2 is 2.05 bits per heavy atom. The molecule has 2 N–H and O–H groups in total. The zero-order valence-corrected chi connectivity index (χ0v) is 11.6. The van der Waals surface area contributed by atoms with Crippen LogP contribution in [0.4, 0.5) is 11.4 Å². The van der Waals surface area contributed by atoms with Crippen LogP contribution in [0.3, 0.4) is 0 Å². The van der Waals surface area contributed by atoms with E-state index in [1.807, 2.05) is 18.3 Å². The molecule has 3 aromatic rings. The summed E-state index contributed by atoms with van der Waals surface area (Å²) in [5, 5.41) is 18.8. The lowest BCUT2D eigenvalue weighted by Gasteiger charge is -2.04. The average Bonchev–Trinajstić information content (AvgIpc) is 2.81. The number of nitrogen functional groups attached to an aromatic ring is 1. The van der Waals surface area contributed by atoms with Crippen LogP contribution >= 0.6 is 15.9 Å². The van der Waals surface area contributed by atoms with Crippen molar-refractivity contribution in [3.8, 4) is 11.4 Å². The van der Waals surface area contributed by atoms with Crippen LogP contribution in [0.1, 0.15) is 0 Å². The summed E-state index contributed by atoms with van der Waals surface area (Å²) in [6.07, 6.45) is 1.81. The molecule has 2 heterocycles. The number of nitrogens with zero attached hydrogens (tertiary/aromatic N) is 4. The molecule has 0 saturated heterocycles. The largest absolute Gasteiger partial charge is 0.398 e. The van der Waals surface area contributed by atoms with Crippen molar-refractivity contribution in [3.05, 3.63) is 51.1 Å². The van der Waals surface area contributed by atoms with E-state index in [-0.39, 0.29) is 11.4 Å². The number of anilines is 1. The summed E-state index contributed by atoms with van der Waals surface area (Å²) < 4.78 is 2.63. The zero-order chi connectivity index (χ0) is 14.3. The van der Waals surface area contributed by atoms with Gasteiger partial charge in [-0.15, -0.1) is 10.2 Å². The maximum Gasteiger partial charge on any atom is 0.271 e. The molecule has 0 aliphatic carbocycles. The highest BCUT2D eigenvalue weighted by molar-refractivity contribution is 9.10. The van der Waals surface area contributed by atoms with Gasteiger partial charge in [-0.1, -0.05) is 0 Å². The van der Waals surface area contributed by atoms with Crippen molar-refractivity contribution in [1.29, 1.82) is 0 Å². The Balaban J connectivity index is 2.20. The maximum absolute atomic E-state index is 10.7. The first kappa shape index (κ1) is 12.5. The van der Waals surface area contributed by atoms with E-state index in [1.54, 1.807) is 10.5 Å². The third-order valence-corrected chi connectivity index (χ3v) is 3.32. The van der Waals surface area contributed by atoms with Crippen molar-refractivity contribution in [1.82, 2.24) is 14.6 Å². The van der Waals surface area contributed by atoms with E-state index in [4.69, 9.17) is 5.73 Å². The number of nitro benzene ring substituents is 1. The number of fused-ring (bicyclic) bond motifs is 1. The van der Waals surface area contributed by atoms with Crippen LogP contribution in [0.2, 0.25) is 0 Å². The van der Waals surface area contributed by atoms with E-state index in [0.717, 1.165) is 4.47 Å². The molecule has 2 aromatic heterocycles. The van der Waals surface area contributed by atoms with Gasteiger partial charge in [0.15, 0.2) is 11.5 Å². The molecule has 0 aliphatic rings. The van der Waals surface area contributed by atoms with E-state index in [9.17, 15) is 10.1 Å². The SMILES string of the molecule is Nc1cc([N+](=O)[O-])ccc1-c1nnc2ccc(Br)cn12. The Morgan fingerprint density at radius 1 is 1.25 bits per heavy atom. The Kier molecular flexibility index (Phi) is 2.87. The second-order valence-corrected chi connectivity index (χ2v) is 5.04. The molecule has 0 unspecified atom stereocenters. The molecule has 0 spiro atoms. The summed E-state index contributed by atoms with van der Waals surface area (Å²) in [5.74, 6) is 0.536.